The number of pyridine rings is 1. The summed E-state index contributed by atoms with van der Waals surface area (Å²) in [7, 11) is 0. The Kier molecular flexibility index (Phi) is 1.65. The summed E-state index contributed by atoms with van der Waals surface area (Å²) in [4.78, 5) is 4.07. The largest absolute Gasteiger partial charge is 0.244 e. The predicted molar refractivity (Wildman–Crippen MR) is 50.4 cm³/mol. The first-order chi connectivity index (χ1) is 5.59. The Morgan fingerprint density at radius 3 is 2.58 bits per heavy atom. The lowest BCUT2D eigenvalue weighted by Gasteiger charge is -2.02. The monoisotopic (exact) mass is 181 g/mol. The highest BCUT2D eigenvalue weighted by Crippen LogP contribution is 2.58. The van der Waals surface area contributed by atoms with E-state index in [9.17, 15) is 0 Å². The zero-order valence-electron chi connectivity index (χ0n) is 7.34. The molecule has 0 aliphatic heterocycles. The zero-order valence-corrected chi connectivity index (χ0v) is 8.10. The third kappa shape index (κ3) is 1.34. The van der Waals surface area contributed by atoms with Gasteiger partial charge in [0.1, 0.15) is 5.15 Å². The van der Waals surface area contributed by atoms with Crippen molar-refractivity contribution in [3.63, 3.8) is 0 Å². The van der Waals surface area contributed by atoms with Gasteiger partial charge in [-0.1, -0.05) is 31.5 Å². The van der Waals surface area contributed by atoms with Gasteiger partial charge in [-0.25, -0.2) is 4.98 Å². The number of hydrogen-bond acceptors (Lipinski definition) is 1. The molecule has 1 aliphatic rings. The second-order valence-electron chi connectivity index (χ2n) is 4.16. The molecule has 0 N–H and O–H groups in total. The van der Waals surface area contributed by atoms with Gasteiger partial charge in [0, 0.05) is 6.20 Å². The molecule has 0 amide bonds. The van der Waals surface area contributed by atoms with Crippen LogP contribution < -0.4 is 0 Å². The quantitative estimate of drug-likeness (QED) is 0.607. The summed E-state index contributed by atoms with van der Waals surface area (Å²) < 4.78 is 0. The van der Waals surface area contributed by atoms with Crippen molar-refractivity contribution in [3.05, 3.63) is 29.0 Å². The molecule has 1 atom stereocenters. The first kappa shape index (κ1) is 8.06. The molecule has 64 valence electrons. The molecule has 0 bridgehead atoms. The van der Waals surface area contributed by atoms with E-state index in [1.165, 1.54) is 12.0 Å². The number of hydrogen-bond donors (Lipinski definition) is 0. The van der Waals surface area contributed by atoms with Crippen molar-refractivity contribution in [2.24, 2.45) is 5.41 Å². The highest BCUT2D eigenvalue weighted by Gasteiger charge is 2.46. The minimum Gasteiger partial charge on any atom is -0.244 e. The van der Waals surface area contributed by atoms with Crippen molar-refractivity contribution >= 4 is 11.6 Å². The summed E-state index contributed by atoms with van der Waals surface area (Å²) >= 11 is 5.70. The highest BCUT2D eigenvalue weighted by molar-refractivity contribution is 6.29. The van der Waals surface area contributed by atoms with E-state index in [1.54, 1.807) is 0 Å². The van der Waals surface area contributed by atoms with Gasteiger partial charge in [0.2, 0.25) is 0 Å². The zero-order chi connectivity index (χ0) is 8.77. The predicted octanol–water partition coefficient (Wildman–Crippen LogP) is 3.25. The molecule has 1 fully saturated rings. The standard InChI is InChI=1S/C10H12ClN/c1-10(2)5-8(10)7-3-4-9(11)12-6-7/h3-4,6,8H,5H2,1-2H3. The van der Waals surface area contributed by atoms with Gasteiger partial charge < -0.3 is 0 Å². The molecule has 0 saturated heterocycles. The van der Waals surface area contributed by atoms with Gasteiger partial charge in [-0.3, -0.25) is 0 Å². The average Bonchev–Trinajstić information content (AvgIpc) is 2.61. The van der Waals surface area contributed by atoms with Crippen LogP contribution in [0.3, 0.4) is 0 Å². The fraction of sp³-hybridized carbons (Fsp3) is 0.500. The van der Waals surface area contributed by atoms with Gasteiger partial charge in [-0.15, -0.1) is 0 Å². The Morgan fingerprint density at radius 2 is 2.17 bits per heavy atom. The van der Waals surface area contributed by atoms with Gasteiger partial charge >= 0.3 is 0 Å². The molecule has 1 aromatic heterocycles. The second kappa shape index (κ2) is 2.46. The molecule has 12 heavy (non-hydrogen) atoms. The van der Waals surface area contributed by atoms with E-state index >= 15 is 0 Å². The molecular formula is C10H12ClN. The summed E-state index contributed by atoms with van der Waals surface area (Å²) in [5, 5.41) is 0.581. The van der Waals surface area contributed by atoms with Crippen LogP contribution in [0.4, 0.5) is 0 Å². The maximum absolute atomic E-state index is 5.70. The van der Waals surface area contributed by atoms with E-state index in [1.807, 2.05) is 12.3 Å². The van der Waals surface area contributed by atoms with Crippen LogP contribution in [0.1, 0.15) is 31.7 Å². The van der Waals surface area contributed by atoms with Crippen LogP contribution in [0.5, 0.6) is 0 Å². The molecule has 1 aliphatic carbocycles. The number of rotatable bonds is 1. The number of halogens is 1. The van der Waals surface area contributed by atoms with Gasteiger partial charge in [0.25, 0.3) is 0 Å². The molecule has 1 nitrogen and oxygen atoms in total. The van der Waals surface area contributed by atoms with Crippen molar-refractivity contribution < 1.29 is 0 Å². The minimum atomic E-state index is 0.482. The molecule has 1 unspecified atom stereocenters. The van der Waals surface area contributed by atoms with Crippen LogP contribution in [0.2, 0.25) is 5.15 Å². The van der Waals surface area contributed by atoms with E-state index in [0.29, 0.717) is 16.5 Å². The Balaban J connectivity index is 2.21. The third-order valence-electron chi connectivity index (χ3n) is 2.67. The maximum Gasteiger partial charge on any atom is 0.129 e. The minimum absolute atomic E-state index is 0.482. The van der Waals surface area contributed by atoms with E-state index in [4.69, 9.17) is 11.6 Å². The maximum atomic E-state index is 5.70. The third-order valence-corrected chi connectivity index (χ3v) is 2.89. The summed E-state index contributed by atoms with van der Waals surface area (Å²) in [5.74, 6) is 0.697. The van der Waals surface area contributed by atoms with Gasteiger partial charge in [-0.05, 0) is 29.4 Å². The molecule has 0 aromatic carbocycles. The van der Waals surface area contributed by atoms with Gasteiger partial charge in [0.05, 0.1) is 0 Å². The normalized spacial score (nSPS) is 25.4. The van der Waals surface area contributed by atoms with Crippen molar-refractivity contribution in [1.29, 1.82) is 0 Å². The van der Waals surface area contributed by atoms with E-state index in [-0.39, 0.29) is 0 Å². The van der Waals surface area contributed by atoms with Crippen molar-refractivity contribution in [3.8, 4) is 0 Å². The van der Waals surface area contributed by atoms with Crippen molar-refractivity contribution in [1.82, 2.24) is 4.98 Å². The Labute approximate surface area is 77.8 Å². The lowest BCUT2D eigenvalue weighted by atomic mass is 10.1. The van der Waals surface area contributed by atoms with Crippen molar-refractivity contribution in [2.75, 3.05) is 0 Å². The Hall–Kier alpha value is -0.560. The van der Waals surface area contributed by atoms with Gasteiger partial charge in [0.15, 0.2) is 0 Å². The molecule has 2 rings (SSSR count). The van der Waals surface area contributed by atoms with Crippen LogP contribution in [-0.2, 0) is 0 Å². The SMILES string of the molecule is CC1(C)CC1c1ccc(Cl)nc1. The van der Waals surface area contributed by atoms with Crippen LogP contribution in [-0.4, -0.2) is 4.98 Å². The molecule has 0 spiro atoms. The fourth-order valence-corrected chi connectivity index (χ4v) is 1.74. The Bertz CT molecular complexity index is 289. The first-order valence-corrected chi connectivity index (χ1v) is 4.59. The molecule has 1 aromatic rings. The molecule has 1 saturated carbocycles. The summed E-state index contributed by atoms with van der Waals surface area (Å²) in [6.07, 6.45) is 3.16. The lowest BCUT2D eigenvalue weighted by molar-refractivity contribution is 0.621. The number of aromatic nitrogens is 1. The summed E-state index contributed by atoms with van der Waals surface area (Å²) in [6, 6.07) is 3.94. The fourth-order valence-electron chi connectivity index (χ4n) is 1.63. The molecule has 1 heterocycles. The van der Waals surface area contributed by atoms with Crippen LogP contribution in [0.15, 0.2) is 18.3 Å². The average molecular weight is 182 g/mol. The second-order valence-corrected chi connectivity index (χ2v) is 4.55. The molecular weight excluding hydrogens is 170 g/mol. The molecule has 0 radical (unpaired) electrons. The van der Waals surface area contributed by atoms with Crippen molar-refractivity contribution in [2.45, 2.75) is 26.2 Å². The Morgan fingerprint density at radius 1 is 1.50 bits per heavy atom. The molecule has 2 heteroatoms. The lowest BCUT2D eigenvalue weighted by Crippen LogP contribution is -1.90. The van der Waals surface area contributed by atoms with Gasteiger partial charge in [-0.2, -0.15) is 0 Å². The van der Waals surface area contributed by atoms with E-state index < -0.39 is 0 Å². The first-order valence-electron chi connectivity index (χ1n) is 4.21. The van der Waals surface area contributed by atoms with Crippen LogP contribution in [0, 0.1) is 5.41 Å². The highest BCUT2D eigenvalue weighted by atomic mass is 35.5. The smallest absolute Gasteiger partial charge is 0.129 e. The van der Waals surface area contributed by atoms with Crippen LogP contribution >= 0.6 is 11.6 Å². The topological polar surface area (TPSA) is 12.9 Å². The number of nitrogens with zero attached hydrogens (tertiary/aromatic N) is 1. The van der Waals surface area contributed by atoms with E-state index in [0.717, 1.165) is 0 Å². The van der Waals surface area contributed by atoms with Crippen LogP contribution in [0.25, 0.3) is 0 Å². The summed E-state index contributed by atoms with van der Waals surface area (Å²) in [6.45, 7) is 4.57. The summed E-state index contributed by atoms with van der Waals surface area (Å²) in [5.41, 5.74) is 1.81. The van der Waals surface area contributed by atoms with E-state index in [2.05, 4.69) is 24.9 Å².